The van der Waals surface area contributed by atoms with Crippen LogP contribution in [-0.2, 0) is 0 Å². The topological polar surface area (TPSA) is 73.1 Å². The summed E-state index contributed by atoms with van der Waals surface area (Å²) < 4.78 is 5.38. The van der Waals surface area contributed by atoms with Crippen molar-refractivity contribution in [3.63, 3.8) is 0 Å². The number of benzene rings is 1. The number of hydrogen-bond donors (Lipinski definition) is 2. The van der Waals surface area contributed by atoms with Crippen LogP contribution in [0.4, 0.5) is 11.5 Å². The van der Waals surface area contributed by atoms with E-state index in [4.69, 9.17) is 10.5 Å². The molecule has 0 aliphatic carbocycles. The van der Waals surface area contributed by atoms with Gasteiger partial charge in [-0.1, -0.05) is 0 Å². The van der Waals surface area contributed by atoms with E-state index in [1.165, 1.54) is 6.33 Å². The second-order valence-corrected chi connectivity index (χ2v) is 3.38. The highest BCUT2D eigenvalue weighted by atomic mass is 16.5. The molecule has 0 bridgehead atoms. The minimum absolute atomic E-state index is 0.515. The summed E-state index contributed by atoms with van der Waals surface area (Å²) in [6.45, 7) is 1.04. The number of nitrogens with one attached hydrogen (secondary N) is 1. The zero-order chi connectivity index (χ0) is 11.9. The van der Waals surface area contributed by atoms with Crippen LogP contribution in [0.3, 0.4) is 0 Å². The van der Waals surface area contributed by atoms with Crippen molar-refractivity contribution in [2.45, 2.75) is 0 Å². The van der Waals surface area contributed by atoms with Crippen LogP contribution in [0, 0.1) is 0 Å². The van der Waals surface area contributed by atoms with Crippen LogP contribution in [0.15, 0.2) is 42.9 Å². The summed E-state index contributed by atoms with van der Waals surface area (Å²) in [5, 5.41) is 3.16. The Morgan fingerprint density at radius 1 is 1.18 bits per heavy atom. The van der Waals surface area contributed by atoms with Crippen LogP contribution in [-0.4, -0.2) is 23.1 Å². The molecule has 0 aliphatic heterocycles. The van der Waals surface area contributed by atoms with Gasteiger partial charge >= 0.3 is 0 Å². The van der Waals surface area contributed by atoms with Gasteiger partial charge in [0, 0.05) is 18.4 Å². The number of aromatic nitrogens is 2. The summed E-state index contributed by atoms with van der Waals surface area (Å²) in [6, 6.07) is 9.43. The van der Waals surface area contributed by atoms with Crippen molar-refractivity contribution in [2.75, 3.05) is 18.5 Å². The summed E-state index contributed by atoms with van der Waals surface area (Å²) in [7, 11) is 0. The fourth-order valence-corrected chi connectivity index (χ4v) is 1.32. The van der Waals surface area contributed by atoms with E-state index in [0.29, 0.717) is 13.2 Å². The number of anilines is 2. The van der Waals surface area contributed by atoms with Crippen molar-refractivity contribution < 1.29 is 4.74 Å². The minimum Gasteiger partial charge on any atom is -0.492 e. The third-order valence-electron chi connectivity index (χ3n) is 2.10. The third kappa shape index (κ3) is 3.42. The van der Waals surface area contributed by atoms with Crippen molar-refractivity contribution in [3.05, 3.63) is 42.9 Å². The number of rotatable bonds is 5. The predicted molar refractivity (Wildman–Crippen MR) is 66.3 cm³/mol. The lowest BCUT2D eigenvalue weighted by Crippen LogP contribution is -2.10. The number of nitrogens with zero attached hydrogens (tertiary/aromatic N) is 2. The van der Waals surface area contributed by atoms with Gasteiger partial charge < -0.3 is 15.8 Å². The van der Waals surface area contributed by atoms with Crippen molar-refractivity contribution in [1.82, 2.24) is 9.97 Å². The standard InChI is InChI=1S/C12H14N4O/c13-6-8-17-11-3-1-10(2-4-11)16-12-5-7-14-9-15-12/h1-5,7,9H,6,8,13H2,(H,14,15,16). The highest BCUT2D eigenvalue weighted by Crippen LogP contribution is 2.18. The maximum absolute atomic E-state index is 5.38. The van der Waals surface area contributed by atoms with Crippen molar-refractivity contribution in [1.29, 1.82) is 0 Å². The molecule has 5 heteroatoms. The molecule has 1 aromatic carbocycles. The highest BCUT2D eigenvalue weighted by Gasteiger charge is 1.96. The van der Waals surface area contributed by atoms with Gasteiger partial charge in [0.05, 0.1) is 0 Å². The molecule has 17 heavy (non-hydrogen) atoms. The van der Waals surface area contributed by atoms with E-state index in [-0.39, 0.29) is 0 Å². The highest BCUT2D eigenvalue weighted by molar-refractivity contribution is 5.56. The molecule has 0 spiro atoms. The molecule has 0 amide bonds. The summed E-state index contributed by atoms with van der Waals surface area (Å²) in [5.41, 5.74) is 6.30. The molecule has 0 atom stereocenters. The van der Waals surface area contributed by atoms with Crippen molar-refractivity contribution in [2.24, 2.45) is 5.73 Å². The van der Waals surface area contributed by atoms with Gasteiger partial charge in [-0.15, -0.1) is 0 Å². The summed E-state index contributed by atoms with van der Waals surface area (Å²) in [5.74, 6) is 1.57. The van der Waals surface area contributed by atoms with Crippen LogP contribution in [0.1, 0.15) is 0 Å². The molecule has 2 aromatic rings. The number of ether oxygens (including phenoxy) is 1. The van der Waals surface area contributed by atoms with Gasteiger partial charge in [0.15, 0.2) is 0 Å². The van der Waals surface area contributed by atoms with E-state index < -0.39 is 0 Å². The number of hydrogen-bond acceptors (Lipinski definition) is 5. The first kappa shape index (κ1) is 11.3. The van der Waals surface area contributed by atoms with E-state index in [9.17, 15) is 0 Å². The molecule has 0 saturated carbocycles. The summed E-state index contributed by atoms with van der Waals surface area (Å²) in [4.78, 5) is 7.93. The largest absolute Gasteiger partial charge is 0.492 e. The molecule has 2 rings (SSSR count). The van der Waals surface area contributed by atoms with Gasteiger partial charge in [0.25, 0.3) is 0 Å². The average Bonchev–Trinajstić information content (AvgIpc) is 2.39. The van der Waals surface area contributed by atoms with E-state index in [0.717, 1.165) is 17.3 Å². The lowest BCUT2D eigenvalue weighted by molar-refractivity contribution is 0.328. The minimum atomic E-state index is 0.515. The van der Waals surface area contributed by atoms with Crippen LogP contribution in [0.5, 0.6) is 5.75 Å². The maximum Gasteiger partial charge on any atom is 0.133 e. The molecular formula is C12H14N4O. The van der Waals surface area contributed by atoms with E-state index in [1.807, 2.05) is 24.3 Å². The molecule has 0 fully saturated rings. The lowest BCUT2D eigenvalue weighted by Gasteiger charge is -2.07. The first-order chi connectivity index (χ1) is 8.38. The summed E-state index contributed by atoms with van der Waals surface area (Å²) in [6.07, 6.45) is 3.19. The first-order valence-corrected chi connectivity index (χ1v) is 5.34. The quantitative estimate of drug-likeness (QED) is 0.815. The SMILES string of the molecule is NCCOc1ccc(Nc2ccncn2)cc1. The van der Waals surface area contributed by atoms with E-state index in [1.54, 1.807) is 12.3 Å². The Hall–Kier alpha value is -2.14. The predicted octanol–water partition coefficient (Wildman–Crippen LogP) is 1.56. The Balaban J connectivity index is 1.98. The summed E-state index contributed by atoms with van der Waals surface area (Å²) >= 11 is 0. The van der Waals surface area contributed by atoms with Crippen LogP contribution in [0.2, 0.25) is 0 Å². The van der Waals surface area contributed by atoms with Gasteiger partial charge in [-0.25, -0.2) is 9.97 Å². The zero-order valence-electron chi connectivity index (χ0n) is 9.34. The van der Waals surface area contributed by atoms with Crippen molar-refractivity contribution >= 4 is 11.5 Å². The molecule has 1 heterocycles. The Bertz CT molecular complexity index is 444. The smallest absolute Gasteiger partial charge is 0.133 e. The Morgan fingerprint density at radius 2 is 2.00 bits per heavy atom. The third-order valence-corrected chi connectivity index (χ3v) is 2.10. The molecule has 0 aliphatic rings. The normalized spacial score (nSPS) is 9.94. The molecule has 0 unspecified atom stereocenters. The van der Waals surface area contributed by atoms with Crippen molar-refractivity contribution in [3.8, 4) is 5.75 Å². The monoisotopic (exact) mass is 230 g/mol. The van der Waals surface area contributed by atoms with Gasteiger partial charge in [0.1, 0.15) is 24.5 Å². The fourth-order valence-electron chi connectivity index (χ4n) is 1.32. The van der Waals surface area contributed by atoms with E-state index >= 15 is 0 Å². The molecule has 0 saturated heterocycles. The van der Waals surface area contributed by atoms with Crippen LogP contribution in [0.25, 0.3) is 0 Å². The Kier molecular flexibility index (Phi) is 3.88. The molecule has 1 aromatic heterocycles. The fraction of sp³-hybridized carbons (Fsp3) is 0.167. The lowest BCUT2D eigenvalue weighted by atomic mass is 10.3. The number of nitrogens with two attached hydrogens (primary N) is 1. The zero-order valence-corrected chi connectivity index (χ0v) is 9.34. The first-order valence-electron chi connectivity index (χ1n) is 5.34. The molecule has 5 nitrogen and oxygen atoms in total. The molecule has 3 N–H and O–H groups in total. The van der Waals surface area contributed by atoms with Crippen LogP contribution < -0.4 is 15.8 Å². The molecule has 88 valence electrons. The molecule has 0 radical (unpaired) electrons. The molecular weight excluding hydrogens is 216 g/mol. The van der Waals surface area contributed by atoms with Gasteiger partial charge in [0.2, 0.25) is 0 Å². The Labute approximate surface area is 99.7 Å². The van der Waals surface area contributed by atoms with Gasteiger partial charge in [-0.3, -0.25) is 0 Å². The van der Waals surface area contributed by atoms with E-state index in [2.05, 4.69) is 15.3 Å². The maximum atomic E-state index is 5.38. The van der Waals surface area contributed by atoms with Gasteiger partial charge in [-0.05, 0) is 30.3 Å². The van der Waals surface area contributed by atoms with Gasteiger partial charge in [-0.2, -0.15) is 0 Å². The second-order valence-electron chi connectivity index (χ2n) is 3.38. The second kappa shape index (κ2) is 5.81. The Morgan fingerprint density at radius 3 is 2.65 bits per heavy atom. The van der Waals surface area contributed by atoms with Crippen LogP contribution >= 0.6 is 0 Å². The average molecular weight is 230 g/mol.